The van der Waals surface area contributed by atoms with Crippen LogP contribution in [0.2, 0.25) is 0 Å². The molecule has 2 aromatic heterocycles. The summed E-state index contributed by atoms with van der Waals surface area (Å²) < 4.78 is 5.11. The van der Waals surface area contributed by atoms with Gasteiger partial charge in [-0.3, -0.25) is 0 Å². The molecule has 18 heavy (non-hydrogen) atoms. The van der Waals surface area contributed by atoms with Crippen LogP contribution in [0.4, 0.5) is 5.13 Å². The highest BCUT2D eigenvalue weighted by molar-refractivity contribution is 7.09. The van der Waals surface area contributed by atoms with E-state index in [-0.39, 0.29) is 5.41 Å². The van der Waals surface area contributed by atoms with Gasteiger partial charge in [-0.15, -0.1) is 0 Å². The van der Waals surface area contributed by atoms with Crippen molar-refractivity contribution in [3.63, 3.8) is 0 Å². The van der Waals surface area contributed by atoms with Crippen molar-refractivity contribution >= 4 is 16.7 Å². The summed E-state index contributed by atoms with van der Waals surface area (Å²) in [7, 11) is 0. The number of hydrogen-bond acceptors (Lipinski definition) is 5. The van der Waals surface area contributed by atoms with Crippen LogP contribution in [0.25, 0.3) is 0 Å². The Balaban J connectivity index is 2.01. The molecule has 0 aliphatic heterocycles. The van der Waals surface area contributed by atoms with Crippen LogP contribution in [0.3, 0.4) is 0 Å². The van der Waals surface area contributed by atoms with E-state index in [2.05, 4.69) is 35.4 Å². The van der Waals surface area contributed by atoms with Gasteiger partial charge in [-0.05, 0) is 6.07 Å². The van der Waals surface area contributed by atoms with E-state index in [0.717, 1.165) is 21.2 Å². The van der Waals surface area contributed by atoms with E-state index in [9.17, 15) is 5.21 Å². The molecule has 0 atom stereocenters. The van der Waals surface area contributed by atoms with Gasteiger partial charge in [-0.25, -0.2) is 4.98 Å². The maximum Gasteiger partial charge on any atom is 0.202 e. The highest BCUT2D eigenvalue weighted by Crippen LogP contribution is 2.23. The zero-order valence-corrected chi connectivity index (χ0v) is 11.5. The summed E-state index contributed by atoms with van der Waals surface area (Å²) in [5.41, 5.74) is 0.876. The Bertz CT molecular complexity index is 533. The predicted octanol–water partition coefficient (Wildman–Crippen LogP) is 2.08. The molecule has 0 saturated carbocycles. The molecule has 0 fully saturated rings. The molecule has 0 bridgehead atoms. The molecule has 0 aromatic carbocycles. The molecule has 0 saturated heterocycles. The van der Waals surface area contributed by atoms with Gasteiger partial charge in [-0.2, -0.15) is 9.10 Å². The first-order valence-corrected chi connectivity index (χ1v) is 6.48. The number of aromatic nitrogens is 3. The first kappa shape index (κ1) is 12.8. The number of pyridine rings is 1. The first-order chi connectivity index (χ1) is 8.45. The van der Waals surface area contributed by atoms with Crippen molar-refractivity contribution in [3.8, 4) is 0 Å². The molecule has 5 nitrogen and oxygen atoms in total. The van der Waals surface area contributed by atoms with Gasteiger partial charge in [0.25, 0.3) is 0 Å². The lowest BCUT2D eigenvalue weighted by molar-refractivity contribution is -0.605. The van der Waals surface area contributed by atoms with Crippen LogP contribution < -0.4 is 10.0 Å². The highest BCUT2D eigenvalue weighted by Gasteiger charge is 2.19. The average molecular weight is 264 g/mol. The Hall–Kier alpha value is -1.69. The molecule has 2 rings (SSSR count). The number of nitrogens with zero attached hydrogens (tertiary/aromatic N) is 3. The van der Waals surface area contributed by atoms with Gasteiger partial charge >= 0.3 is 0 Å². The molecule has 6 heteroatoms. The molecule has 2 aromatic rings. The Morgan fingerprint density at radius 3 is 2.83 bits per heavy atom. The summed E-state index contributed by atoms with van der Waals surface area (Å²) in [5, 5.41) is 15.1. The van der Waals surface area contributed by atoms with E-state index >= 15 is 0 Å². The maximum atomic E-state index is 11.1. The van der Waals surface area contributed by atoms with E-state index in [1.807, 2.05) is 6.07 Å². The van der Waals surface area contributed by atoms with E-state index in [1.54, 1.807) is 12.3 Å². The molecule has 1 N–H and O–H groups in total. The summed E-state index contributed by atoms with van der Waals surface area (Å²) in [4.78, 5) is 4.43. The smallest absolute Gasteiger partial charge is 0.202 e. The molecular formula is C12H16N4OS. The van der Waals surface area contributed by atoms with E-state index in [0.29, 0.717) is 6.54 Å². The van der Waals surface area contributed by atoms with Crippen molar-refractivity contribution in [3.05, 3.63) is 41.1 Å². The van der Waals surface area contributed by atoms with Gasteiger partial charge in [0.2, 0.25) is 5.13 Å². The number of rotatable bonds is 3. The summed E-state index contributed by atoms with van der Waals surface area (Å²) >= 11 is 1.34. The van der Waals surface area contributed by atoms with Crippen LogP contribution in [0.15, 0.2) is 24.5 Å². The van der Waals surface area contributed by atoms with Crippen LogP contribution in [0.5, 0.6) is 0 Å². The SMILES string of the molecule is CC(C)(C)c1nsc(NCc2ccc[n+]([O-])c2)n1. The highest BCUT2D eigenvalue weighted by atomic mass is 32.1. The molecule has 0 aliphatic carbocycles. The average Bonchev–Trinajstić information content (AvgIpc) is 2.74. The van der Waals surface area contributed by atoms with Gasteiger partial charge in [0.05, 0.1) is 0 Å². The third kappa shape index (κ3) is 3.16. The normalized spacial score (nSPS) is 11.5. The lowest BCUT2D eigenvalue weighted by atomic mass is 9.96. The zero-order valence-electron chi connectivity index (χ0n) is 10.7. The van der Waals surface area contributed by atoms with Crippen molar-refractivity contribution in [1.82, 2.24) is 9.36 Å². The van der Waals surface area contributed by atoms with E-state index < -0.39 is 0 Å². The largest absolute Gasteiger partial charge is 0.619 e. The van der Waals surface area contributed by atoms with Crippen LogP contribution in [0, 0.1) is 5.21 Å². The Kier molecular flexibility index (Phi) is 3.47. The second kappa shape index (κ2) is 4.89. The summed E-state index contributed by atoms with van der Waals surface area (Å²) in [6, 6.07) is 3.62. The number of anilines is 1. The monoisotopic (exact) mass is 264 g/mol. The van der Waals surface area contributed by atoms with Crippen LogP contribution in [-0.2, 0) is 12.0 Å². The fourth-order valence-electron chi connectivity index (χ4n) is 1.38. The van der Waals surface area contributed by atoms with Crippen molar-refractivity contribution in [2.75, 3.05) is 5.32 Å². The fraction of sp³-hybridized carbons (Fsp3) is 0.417. The maximum absolute atomic E-state index is 11.1. The third-order valence-corrected chi connectivity index (χ3v) is 3.05. The topological polar surface area (TPSA) is 64.8 Å². The third-order valence-electron chi connectivity index (χ3n) is 2.38. The molecule has 2 heterocycles. The molecular weight excluding hydrogens is 248 g/mol. The van der Waals surface area contributed by atoms with Gasteiger partial charge < -0.3 is 10.5 Å². The van der Waals surface area contributed by atoms with Gasteiger partial charge in [0.1, 0.15) is 5.82 Å². The molecule has 0 aliphatic rings. The second-order valence-electron chi connectivity index (χ2n) is 5.10. The lowest BCUT2D eigenvalue weighted by Crippen LogP contribution is -2.25. The summed E-state index contributed by atoms with van der Waals surface area (Å²) in [6.07, 6.45) is 3.00. The standard InChI is InChI=1S/C12H16N4OS/c1-12(2,3)10-14-11(18-15-10)13-7-9-5-4-6-16(17)8-9/h4-6,8H,7H2,1-3H3,(H,13,14,15). The predicted molar refractivity (Wildman–Crippen MR) is 71.3 cm³/mol. The Morgan fingerprint density at radius 1 is 1.44 bits per heavy atom. The Labute approximate surface area is 110 Å². The van der Waals surface area contributed by atoms with Crippen LogP contribution in [0.1, 0.15) is 32.2 Å². The molecule has 0 amide bonds. The zero-order chi connectivity index (χ0) is 13.2. The van der Waals surface area contributed by atoms with Gasteiger partial charge in [0.15, 0.2) is 12.4 Å². The minimum absolute atomic E-state index is 0.0405. The second-order valence-corrected chi connectivity index (χ2v) is 5.85. The first-order valence-electron chi connectivity index (χ1n) is 5.71. The van der Waals surface area contributed by atoms with Crippen molar-refractivity contribution in [1.29, 1.82) is 0 Å². The fourth-order valence-corrected chi connectivity index (χ4v) is 2.13. The summed E-state index contributed by atoms with van der Waals surface area (Å²) in [5.74, 6) is 0.835. The minimum Gasteiger partial charge on any atom is -0.619 e. The van der Waals surface area contributed by atoms with E-state index in [1.165, 1.54) is 17.7 Å². The lowest BCUT2D eigenvalue weighted by Gasteiger charge is -2.12. The number of hydrogen-bond donors (Lipinski definition) is 1. The molecule has 0 unspecified atom stereocenters. The quantitative estimate of drug-likeness (QED) is 0.681. The Morgan fingerprint density at radius 2 is 2.22 bits per heavy atom. The number of nitrogens with one attached hydrogen (secondary N) is 1. The van der Waals surface area contributed by atoms with Crippen molar-refractivity contribution < 1.29 is 4.73 Å². The molecule has 0 radical (unpaired) electrons. The minimum atomic E-state index is -0.0405. The molecule has 0 spiro atoms. The van der Waals surface area contributed by atoms with Gasteiger partial charge in [0, 0.05) is 35.1 Å². The van der Waals surface area contributed by atoms with E-state index in [4.69, 9.17) is 0 Å². The van der Waals surface area contributed by atoms with Gasteiger partial charge in [-0.1, -0.05) is 20.8 Å². The van der Waals surface area contributed by atoms with Crippen LogP contribution in [-0.4, -0.2) is 9.36 Å². The van der Waals surface area contributed by atoms with Crippen molar-refractivity contribution in [2.24, 2.45) is 0 Å². The summed E-state index contributed by atoms with van der Waals surface area (Å²) in [6.45, 7) is 6.81. The van der Waals surface area contributed by atoms with Crippen molar-refractivity contribution in [2.45, 2.75) is 32.7 Å². The molecule has 96 valence electrons. The van der Waals surface area contributed by atoms with Crippen LogP contribution >= 0.6 is 11.5 Å².